The zero-order valence-corrected chi connectivity index (χ0v) is 18.6. The fourth-order valence-electron chi connectivity index (χ4n) is 3.89. The Morgan fingerprint density at radius 1 is 1.18 bits per heavy atom. The minimum atomic E-state index is -4.60. The molecule has 4 rings (SSSR count). The van der Waals surface area contributed by atoms with Gasteiger partial charge in [0.1, 0.15) is 11.6 Å². The molecule has 0 spiro atoms. The van der Waals surface area contributed by atoms with Crippen LogP contribution in [-0.2, 0) is 11.0 Å². The van der Waals surface area contributed by atoms with Crippen molar-refractivity contribution in [1.29, 1.82) is 0 Å². The highest BCUT2D eigenvalue weighted by Gasteiger charge is 2.37. The molecule has 1 aliphatic heterocycles. The third kappa shape index (κ3) is 5.73. The molecule has 0 aromatic carbocycles. The first-order valence-corrected chi connectivity index (χ1v) is 11.1. The van der Waals surface area contributed by atoms with Gasteiger partial charge in [-0.3, -0.25) is 9.59 Å². The van der Waals surface area contributed by atoms with Crippen LogP contribution >= 0.6 is 11.6 Å². The molecule has 2 N–H and O–H groups in total. The summed E-state index contributed by atoms with van der Waals surface area (Å²) >= 11 is 5.74. The molecule has 2 aromatic rings. The van der Waals surface area contributed by atoms with Crippen LogP contribution in [0.1, 0.15) is 47.3 Å². The number of anilines is 2. The Hall–Kier alpha value is -2.88. The molecule has 33 heavy (non-hydrogen) atoms. The van der Waals surface area contributed by atoms with Crippen LogP contribution in [0.2, 0.25) is 5.02 Å². The standard InChI is InChI=1S/C22H23ClF3N5O2/c1-12-7-14(8-18(28-12)30-20(32)13-4-5-13)21(33)29-16-3-2-6-31(11-16)19-17(22(24,25)26)9-15(23)10-27-19/h7-10,13,16H,2-6,11H2,1H3,(H,29,33)(H,28,30,32)/t16-/m1/s1. The van der Waals surface area contributed by atoms with E-state index >= 15 is 0 Å². The van der Waals surface area contributed by atoms with Gasteiger partial charge in [0.05, 0.1) is 10.6 Å². The van der Waals surface area contributed by atoms with Gasteiger partial charge in [0, 0.05) is 42.5 Å². The Kier molecular flexibility index (Phi) is 6.47. The Balaban J connectivity index is 1.46. The van der Waals surface area contributed by atoms with Crippen LogP contribution in [0.4, 0.5) is 24.8 Å². The van der Waals surface area contributed by atoms with Crippen molar-refractivity contribution >= 4 is 35.1 Å². The van der Waals surface area contributed by atoms with E-state index in [9.17, 15) is 22.8 Å². The Bertz CT molecular complexity index is 1070. The van der Waals surface area contributed by atoms with Crippen LogP contribution in [0.3, 0.4) is 0 Å². The number of nitrogens with one attached hydrogen (secondary N) is 2. The number of halogens is 4. The first kappa shape index (κ1) is 23.3. The average Bonchev–Trinajstić information content (AvgIpc) is 3.58. The van der Waals surface area contributed by atoms with E-state index in [0.717, 1.165) is 18.9 Å². The number of piperidine rings is 1. The summed E-state index contributed by atoms with van der Waals surface area (Å²) < 4.78 is 40.5. The van der Waals surface area contributed by atoms with Gasteiger partial charge in [-0.2, -0.15) is 13.2 Å². The maximum atomic E-state index is 13.5. The summed E-state index contributed by atoms with van der Waals surface area (Å²) in [6.45, 7) is 2.28. The predicted molar refractivity (Wildman–Crippen MR) is 117 cm³/mol. The SMILES string of the molecule is Cc1cc(C(=O)N[C@@H]2CCCN(c3ncc(Cl)cc3C(F)(F)F)C2)cc(NC(=O)C2CC2)n1. The van der Waals surface area contributed by atoms with Crippen LogP contribution in [0.25, 0.3) is 0 Å². The lowest BCUT2D eigenvalue weighted by atomic mass is 10.0. The minimum absolute atomic E-state index is 0.000812. The van der Waals surface area contributed by atoms with E-state index in [1.807, 2.05) is 0 Å². The molecule has 0 bridgehead atoms. The second-order valence-electron chi connectivity index (χ2n) is 8.43. The van der Waals surface area contributed by atoms with Crippen molar-refractivity contribution < 1.29 is 22.8 Å². The first-order chi connectivity index (χ1) is 15.6. The van der Waals surface area contributed by atoms with Gasteiger partial charge >= 0.3 is 6.18 Å². The third-order valence-electron chi connectivity index (χ3n) is 5.61. The maximum Gasteiger partial charge on any atom is 0.420 e. The molecule has 0 radical (unpaired) electrons. The summed E-state index contributed by atoms with van der Waals surface area (Å²) in [7, 11) is 0. The number of aromatic nitrogens is 2. The number of pyridine rings is 2. The van der Waals surface area contributed by atoms with Crippen molar-refractivity contribution in [1.82, 2.24) is 15.3 Å². The van der Waals surface area contributed by atoms with Crippen LogP contribution in [0.5, 0.6) is 0 Å². The number of nitrogens with zero attached hydrogens (tertiary/aromatic N) is 3. The molecule has 1 aliphatic carbocycles. The van der Waals surface area contributed by atoms with Crippen molar-refractivity contribution in [2.75, 3.05) is 23.3 Å². The van der Waals surface area contributed by atoms with Gasteiger partial charge in [0.25, 0.3) is 5.91 Å². The molecule has 2 fully saturated rings. The highest BCUT2D eigenvalue weighted by Crippen LogP contribution is 2.37. The molecular formula is C22H23ClF3N5O2. The number of alkyl halides is 3. The molecule has 0 unspecified atom stereocenters. The Labute approximate surface area is 193 Å². The van der Waals surface area contributed by atoms with Crippen LogP contribution in [-0.4, -0.2) is 40.9 Å². The van der Waals surface area contributed by atoms with Gasteiger partial charge in [-0.25, -0.2) is 9.97 Å². The molecule has 7 nitrogen and oxygen atoms in total. The van der Waals surface area contributed by atoms with Gasteiger partial charge in [-0.05, 0) is 50.8 Å². The molecule has 3 heterocycles. The zero-order chi connectivity index (χ0) is 23.8. The summed E-state index contributed by atoms with van der Waals surface area (Å²) in [5.41, 5.74) is -0.00620. The van der Waals surface area contributed by atoms with E-state index in [2.05, 4.69) is 20.6 Å². The fraction of sp³-hybridized carbons (Fsp3) is 0.455. The number of hydrogen-bond donors (Lipinski definition) is 2. The molecule has 2 aromatic heterocycles. The smallest absolute Gasteiger partial charge is 0.354 e. The number of rotatable bonds is 5. The van der Waals surface area contributed by atoms with Crippen LogP contribution in [0, 0.1) is 12.8 Å². The van der Waals surface area contributed by atoms with Crippen molar-refractivity contribution in [3.8, 4) is 0 Å². The zero-order valence-electron chi connectivity index (χ0n) is 17.9. The van der Waals surface area contributed by atoms with Crippen molar-refractivity contribution in [3.05, 3.63) is 46.2 Å². The van der Waals surface area contributed by atoms with E-state index in [-0.39, 0.29) is 41.2 Å². The first-order valence-electron chi connectivity index (χ1n) is 10.7. The van der Waals surface area contributed by atoms with Gasteiger partial charge in [-0.1, -0.05) is 11.6 Å². The lowest BCUT2D eigenvalue weighted by molar-refractivity contribution is -0.137. The number of aryl methyl sites for hydroxylation is 1. The Morgan fingerprint density at radius 2 is 1.94 bits per heavy atom. The van der Waals surface area contributed by atoms with Crippen LogP contribution in [0.15, 0.2) is 24.4 Å². The molecule has 1 saturated heterocycles. The fourth-order valence-corrected chi connectivity index (χ4v) is 4.04. The molecule has 1 atom stereocenters. The summed E-state index contributed by atoms with van der Waals surface area (Å²) in [6.07, 6.45) is -0.509. The van der Waals surface area contributed by atoms with Gasteiger partial charge in [-0.15, -0.1) is 0 Å². The molecule has 1 saturated carbocycles. The maximum absolute atomic E-state index is 13.5. The van der Waals surface area contributed by atoms with Gasteiger partial charge in [0.2, 0.25) is 5.91 Å². The van der Waals surface area contributed by atoms with E-state index in [4.69, 9.17) is 11.6 Å². The van der Waals surface area contributed by atoms with E-state index < -0.39 is 11.7 Å². The summed E-state index contributed by atoms with van der Waals surface area (Å²) in [4.78, 5) is 34.6. The molecule has 11 heteroatoms. The van der Waals surface area contributed by atoms with Gasteiger partial charge in [0.15, 0.2) is 0 Å². The number of hydrogen-bond acceptors (Lipinski definition) is 5. The molecular weight excluding hydrogens is 459 g/mol. The van der Waals surface area contributed by atoms with E-state index in [1.165, 1.54) is 17.2 Å². The molecule has 176 valence electrons. The third-order valence-corrected chi connectivity index (χ3v) is 5.82. The molecule has 2 aliphatic rings. The topological polar surface area (TPSA) is 87.2 Å². The number of amides is 2. The Morgan fingerprint density at radius 3 is 2.64 bits per heavy atom. The lowest BCUT2D eigenvalue weighted by Crippen LogP contribution is -2.48. The number of carbonyl (C=O) groups is 2. The van der Waals surface area contributed by atoms with Crippen LogP contribution < -0.4 is 15.5 Å². The summed E-state index contributed by atoms with van der Waals surface area (Å²) in [6, 6.07) is 3.60. The average molecular weight is 482 g/mol. The number of carbonyl (C=O) groups excluding carboxylic acids is 2. The van der Waals surface area contributed by atoms with Crippen molar-refractivity contribution in [2.45, 2.75) is 44.8 Å². The monoisotopic (exact) mass is 481 g/mol. The van der Waals surface area contributed by atoms with Crippen molar-refractivity contribution in [2.24, 2.45) is 5.92 Å². The predicted octanol–water partition coefficient (Wildman–Crippen LogP) is 4.20. The van der Waals surface area contributed by atoms with E-state index in [0.29, 0.717) is 36.5 Å². The van der Waals surface area contributed by atoms with Gasteiger partial charge < -0.3 is 15.5 Å². The highest BCUT2D eigenvalue weighted by atomic mass is 35.5. The van der Waals surface area contributed by atoms with E-state index in [1.54, 1.807) is 13.0 Å². The molecule has 2 amide bonds. The highest BCUT2D eigenvalue weighted by molar-refractivity contribution is 6.30. The summed E-state index contributed by atoms with van der Waals surface area (Å²) in [5, 5.41) is 5.53. The quantitative estimate of drug-likeness (QED) is 0.668. The normalized spacial score (nSPS) is 18.7. The second kappa shape index (κ2) is 9.17. The summed E-state index contributed by atoms with van der Waals surface area (Å²) in [5.74, 6) is -0.383. The lowest BCUT2D eigenvalue weighted by Gasteiger charge is -2.35. The second-order valence-corrected chi connectivity index (χ2v) is 8.86. The largest absolute Gasteiger partial charge is 0.420 e. The minimum Gasteiger partial charge on any atom is -0.354 e. The van der Waals surface area contributed by atoms with Crippen molar-refractivity contribution in [3.63, 3.8) is 0 Å².